The molecule has 478 valence electrons. The van der Waals surface area contributed by atoms with Gasteiger partial charge in [0.25, 0.3) is 0 Å². The lowest BCUT2D eigenvalue weighted by atomic mass is 9.72. The Morgan fingerprint density at radius 2 is 1.20 bits per heavy atom. The number of phenols is 2. The van der Waals surface area contributed by atoms with Gasteiger partial charge in [0.2, 0.25) is 5.78 Å². The third-order valence-electron chi connectivity index (χ3n) is 16.7. The molecule has 2 aromatic rings. The van der Waals surface area contributed by atoms with E-state index in [9.17, 15) is 54.0 Å². The van der Waals surface area contributed by atoms with Crippen molar-refractivity contribution in [3.05, 3.63) is 75.9 Å². The number of aliphatic hydroxyl groups excluding tert-OH is 1. The maximum Gasteiger partial charge on any atom is 0.396 e. The number of Topliss-reactive ketones (excluding diaryl/α,β-unsaturated/α-hetero) is 1. The summed E-state index contributed by atoms with van der Waals surface area (Å²) >= 11 is 0. The summed E-state index contributed by atoms with van der Waals surface area (Å²) in [6.07, 6.45) is 29.9. The number of benzene rings is 2. The van der Waals surface area contributed by atoms with Gasteiger partial charge >= 0.3 is 23.8 Å². The third kappa shape index (κ3) is 21.7. The van der Waals surface area contributed by atoms with Crippen LogP contribution in [0.3, 0.4) is 0 Å². The molecule has 18 nitrogen and oxygen atoms in total. The highest BCUT2D eigenvalue weighted by Gasteiger charge is 2.50. The Balaban J connectivity index is 1.15. The number of allylic oxidation sites excluding steroid dienone is 4. The summed E-state index contributed by atoms with van der Waals surface area (Å²) in [5.41, 5.74) is -3.92. The van der Waals surface area contributed by atoms with E-state index in [1.54, 1.807) is 0 Å². The molecule has 0 aromatic heterocycles. The van der Waals surface area contributed by atoms with Crippen LogP contribution in [0.15, 0.2) is 42.5 Å². The molecule has 7 atom stereocenters. The lowest BCUT2D eigenvalue weighted by Crippen LogP contribution is -2.57. The quantitative estimate of drug-likeness (QED) is 0.00884. The summed E-state index contributed by atoms with van der Waals surface area (Å²) < 4.78 is 34.1. The van der Waals surface area contributed by atoms with Gasteiger partial charge < -0.3 is 54.2 Å². The number of carbonyl (C=O) groups is 7. The van der Waals surface area contributed by atoms with Gasteiger partial charge in [0.15, 0.2) is 24.0 Å². The number of ketones is 3. The SMILES string of the molecule is CCCCCCCC/C=C\CCCCCCCC(=O)OCC(COC(=O)C(=O)N[C@H]1C[C@H](O[C@H]2C[C@](O)(C(C)=O)Cc3c(O)c4c(c(O)c32)C(=O)c2c(OC)cccc2C4=O)O[C@@H](C)[C@H]1O)OC(=O)CCCCCCC/C=C\CCCCCCCC. The van der Waals surface area contributed by atoms with Crippen LogP contribution in [-0.2, 0) is 54.1 Å². The van der Waals surface area contributed by atoms with E-state index >= 15 is 0 Å². The van der Waals surface area contributed by atoms with Crippen molar-refractivity contribution in [2.75, 3.05) is 20.3 Å². The number of aromatic hydroxyl groups is 2. The van der Waals surface area contributed by atoms with Crippen molar-refractivity contribution in [1.29, 1.82) is 0 Å². The number of hydrogen-bond donors (Lipinski definition) is 5. The molecule has 5 N–H and O–H groups in total. The Hall–Kier alpha value is -5.95. The Morgan fingerprint density at radius 1 is 0.686 bits per heavy atom. The molecule has 18 heteroatoms. The highest BCUT2D eigenvalue weighted by atomic mass is 16.7. The van der Waals surface area contributed by atoms with E-state index in [4.69, 9.17) is 28.4 Å². The maximum atomic E-state index is 14.1. The van der Waals surface area contributed by atoms with Crippen molar-refractivity contribution in [2.45, 2.75) is 269 Å². The fourth-order valence-electron chi connectivity index (χ4n) is 11.5. The van der Waals surface area contributed by atoms with Crippen molar-refractivity contribution in [3.63, 3.8) is 0 Å². The van der Waals surface area contributed by atoms with Crippen LogP contribution in [0.1, 0.15) is 269 Å². The highest BCUT2D eigenvalue weighted by Crippen LogP contribution is 2.52. The summed E-state index contributed by atoms with van der Waals surface area (Å²) in [6, 6.07) is 3.07. The Bertz CT molecular complexity index is 2590. The fraction of sp³-hybridized carbons (Fsp3) is 0.662. The van der Waals surface area contributed by atoms with Crippen LogP contribution in [0, 0.1) is 0 Å². The molecule has 1 saturated heterocycles. The molecule has 1 unspecified atom stereocenters. The van der Waals surface area contributed by atoms with Gasteiger partial charge in [0.05, 0.1) is 42.0 Å². The van der Waals surface area contributed by atoms with E-state index in [-0.39, 0.29) is 47.3 Å². The molecule has 1 heterocycles. The molecule has 1 aliphatic heterocycles. The summed E-state index contributed by atoms with van der Waals surface area (Å²) in [7, 11) is 1.30. The first-order chi connectivity index (χ1) is 41.5. The smallest absolute Gasteiger partial charge is 0.396 e. The average Bonchev–Trinajstić information content (AvgIpc) is 0.787. The molecular weight excluding hydrogens is 1100 g/mol. The van der Waals surface area contributed by atoms with Crippen LogP contribution in [0.5, 0.6) is 17.2 Å². The molecule has 86 heavy (non-hydrogen) atoms. The largest absolute Gasteiger partial charge is 0.507 e. The Labute approximate surface area is 509 Å². The molecule has 1 fully saturated rings. The van der Waals surface area contributed by atoms with Crippen LogP contribution in [-0.4, -0.2) is 118 Å². The van der Waals surface area contributed by atoms with Crippen LogP contribution < -0.4 is 10.1 Å². The monoisotopic (exact) mass is 1200 g/mol. The second-order valence-electron chi connectivity index (χ2n) is 23.6. The zero-order chi connectivity index (χ0) is 62.4. The first-order valence-corrected chi connectivity index (χ1v) is 32.2. The van der Waals surface area contributed by atoms with Gasteiger partial charge in [-0.2, -0.15) is 0 Å². The van der Waals surface area contributed by atoms with Gasteiger partial charge in [-0.25, -0.2) is 4.79 Å². The number of fused-ring (bicyclic) bond motifs is 3. The number of carbonyl (C=O) groups excluding carboxylic acids is 7. The maximum absolute atomic E-state index is 14.1. The van der Waals surface area contributed by atoms with Gasteiger partial charge in [-0.05, 0) is 84.1 Å². The average molecular weight is 1200 g/mol. The molecule has 3 aliphatic rings. The molecule has 0 bridgehead atoms. The molecule has 5 rings (SSSR count). The lowest BCUT2D eigenvalue weighted by Gasteiger charge is -2.42. The number of methoxy groups -OCH3 is 1. The molecule has 2 aliphatic carbocycles. The van der Waals surface area contributed by atoms with Gasteiger partial charge in [-0.15, -0.1) is 0 Å². The first-order valence-electron chi connectivity index (χ1n) is 32.2. The molecular formula is C68H99NO17. The Morgan fingerprint density at radius 3 is 1.74 bits per heavy atom. The van der Waals surface area contributed by atoms with Crippen molar-refractivity contribution < 1.29 is 82.4 Å². The van der Waals surface area contributed by atoms with E-state index in [0.29, 0.717) is 12.8 Å². The number of aliphatic hydroxyl groups is 2. The van der Waals surface area contributed by atoms with Gasteiger partial charge in [0, 0.05) is 48.8 Å². The van der Waals surface area contributed by atoms with Crippen molar-refractivity contribution in [2.24, 2.45) is 0 Å². The predicted molar refractivity (Wildman–Crippen MR) is 325 cm³/mol. The summed E-state index contributed by atoms with van der Waals surface area (Å²) in [6.45, 7) is 5.98. The number of ether oxygens (including phenoxy) is 6. The van der Waals surface area contributed by atoms with Crippen molar-refractivity contribution in [3.8, 4) is 17.2 Å². The van der Waals surface area contributed by atoms with E-state index in [1.807, 2.05) is 0 Å². The zero-order valence-corrected chi connectivity index (χ0v) is 51.9. The van der Waals surface area contributed by atoms with Crippen molar-refractivity contribution in [1.82, 2.24) is 5.32 Å². The summed E-state index contributed by atoms with van der Waals surface area (Å²) in [5.74, 6) is -7.59. The van der Waals surface area contributed by atoms with Gasteiger partial charge in [0.1, 0.15) is 42.2 Å². The number of nitrogens with one attached hydrogen (secondary N) is 1. The van der Waals surface area contributed by atoms with E-state index in [1.165, 1.54) is 109 Å². The summed E-state index contributed by atoms with van der Waals surface area (Å²) in [4.78, 5) is 94.0. The highest BCUT2D eigenvalue weighted by molar-refractivity contribution is 6.32. The number of unbranched alkanes of at least 4 members (excludes halogenated alkanes) is 22. The minimum atomic E-state index is -2.20. The number of amides is 1. The van der Waals surface area contributed by atoms with E-state index in [2.05, 4.69) is 43.5 Å². The van der Waals surface area contributed by atoms with Crippen molar-refractivity contribution >= 4 is 41.2 Å². The molecule has 1 amide bonds. The van der Waals surface area contributed by atoms with Gasteiger partial charge in [-0.3, -0.25) is 28.8 Å². The minimum Gasteiger partial charge on any atom is -0.507 e. The van der Waals surface area contributed by atoms with E-state index < -0.39 is 132 Å². The lowest BCUT2D eigenvalue weighted by molar-refractivity contribution is -0.249. The topological polar surface area (TPSA) is 268 Å². The number of rotatable bonds is 40. The molecule has 0 spiro atoms. The minimum absolute atomic E-state index is 0.0459. The van der Waals surface area contributed by atoms with Crippen LogP contribution in [0.4, 0.5) is 0 Å². The third-order valence-corrected chi connectivity index (χ3v) is 16.7. The zero-order valence-electron chi connectivity index (χ0n) is 51.9. The second kappa shape index (κ2) is 37.7. The van der Waals surface area contributed by atoms with Crippen LogP contribution in [0.2, 0.25) is 0 Å². The number of esters is 3. The van der Waals surface area contributed by atoms with Crippen LogP contribution >= 0.6 is 0 Å². The molecule has 2 aromatic carbocycles. The Kier molecular flexibility index (Phi) is 31.0. The standard InChI is InChI=1S/C68H99NO17/c1-6-8-10-12-14-16-18-20-22-24-26-28-30-32-34-39-54(71)82-44-48(85-55(72)40-35-33-31-29-27-25-23-21-19-17-15-13-11-9-7-2)45-83-67(79)66(78)69-51-41-56(84-46(3)61(51)73)86-53-43-68(80,47(4)70)42-50-58(53)65(77)60-59(63(50)75)62(74)49-37-36-38-52(81-5)57(49)64(60)76/h20-23,36-38,46,48,51,53,56,61,73,75,77,80H,6-19,24-35,39-45H2,1-5H3,(H,69,78)/b22-20-,23-21-/t46-,48?,51-,53-,56-,61+,68-/m0/s1. The summed E-state index contributed by atoms with van der Waals surface area (Å²) in [5, 5.41) is 49.0. The number of hydrogen-bond acceptors (Lipinski definition) is 17. The second-order valence-corrected chi connectivity index (χ2v) is 23.6. The van der Waals surface area contributed by atoms with E-state index in [0.717, 1.165) is 84.0 Å². The fourth-order valence-corrected chi connectivity index (χ4v) is 11.5. The van der Waals surface area contributed by atoms with Gasteiger partial charge in [-0.1, -0.05) is 153 Å². The number of phenolic OH excluding ortho intramolecular Hbond substituents is 2. The predicted octanol–water partition coefficient (Wildman–Crippen LogP) is 12.3. The molecule has 0 saturated carbocycles. The normalized spacial score (nSPS) is 20.3. The first kappa shape index (κ1) is 70.8. The molecule has 0 radical (unpaired) electrons. The van der Waals surface area contributed by atoms with Crippen LogP contribution in [0.25, 0.3) is 0 Å².